The Hall–Kier alpha value is -2.58. The van der Waals surface area contributed by atoms with Crippen LogP contribution in [0.2, 0.25) is 5.02 Å². The first-order valence-corrected chi connectivity index (χ1v) is 8.95. The van der Waals surface area contributed by atoms with E-state index in [1.807, 2.05) is 12.1 Å². The highest BCUT2D eigenvalue weighted by atomic mass is 35.5. The predicted octanol–water partition coefficient (Wildman–Crippen LogP) is 1.58. The second kappa shape index (κ2) is 7.98. The number of halogens is 1. The normalized spacial score (nSPS) is 11.3. The molecule has 3 aromatic rings. The van der Waals surface area contributed by atoms with Gasteiger partial charge >= 0.3 is 5.69 Å². The van der Waals surface area contributed by atoms with Crippen molar-refractivity contribution in [2.24, 2.45) is 14.1 Å². The molecule has 0 spiro atoms. The lowest BCUT2D eigenvalue weighted by Crippen LogP contribution is -2.37. The standard InChI is InChI=1S/C18H22ClN5O3/c1-22-15-14(16(25)23(2)18(22)26)24(11-12-5-7-13(19)8-6-12)17(21-15)20-9-4-10-27-3/h5-8H,4,9-11H2,1-3H3,(H,20,21). The van der Waals surface area contributed by atoms with Crippen molar-refractivity contribution in [2.45, 2.75) is 13.0 Å². The number of imidazole rings is 1. The van der Waals surface area contributed by atoms with E-state index < -0.39 is 5.69 Å². The molecule has 0 bridgehead atoms. The van der Waals surface area contributed by atoms with E-state index in [4.69, 9.17) is 16.3 Å². The highest BCUT2D eigenvalue weighted by molar-refractivity contribution is 6.30. The molecule has 0 fully saturated rings. The van der Waals surface area contributed by atoms with Gasteiger partial charge in [-0.1, -0.05) is 23.7 Å². The van der Waals surface area contributed by atoms with Crippen LogP contribution in [0.4, 0.5) is 5.95 Å². The zero-order valence-electron chi connectivity index (χ0n) is 15.5. The van der Waals surface area contributed by atoms with Crippen molar-refractivity contribution in [3.05, 3.63) is 55.7 Å². The fraction of sp³-hybridized carbons (Fsp3) is 0.389. The summed E-state index contributed by atoms with van der Waals surface area (Å²) in [6.07, 6.45) is 0.789. The van der Waals surface area contributed by atoms with Gasteiger partial charge in [-0.25, -0.2) is 4.79 Å². The lowest BCUT2D eigenvalue weighted by atomic mass is 10.2. The van der Waals surface area contributed by atoms with Gasteiger partial charge < -0.3 is 10.1 Å². The first kappa shape index (κ1) is 19.2. The topological polar surface area (TPSA) is 83.1 Å². The Balaban J connectivity index is 2.12. The Labute approximate surface area is 161 Å². The number of benzene rings is 1. The van der Waals surface area contributed by atoms with Crippen LogP contribution in [0.15, 0.2) is 33.9 Å². The van der Waals surface area contributed by atoms with E-state index >= 15 is 0 Å². The third-order valence-electron chi connectivity index (χ3n) is 4.41. The number of nitrogens with one attached hydrogen (secondary N) is 1. The summed E-state index contributed by atoms with van der Waals surface area (Å²) in [6, 6.07) is 7.40. The summed E-state index contributed by atoms with van der Waals surface area (Å²) in [7, 11) is 4.73. The molecule has 9 heteroatoms. The second-order valence-electron chi connectivity index (χ2n) is 6.30. The van der Waals surface area contributed by atoms with Gasteiger partial charge in [-0.15, -0.1) is 0 Å². The molecule has 0 aliphatic heterocycles. The van der Waals surface area contributed by atoms with Crippen LogP contribution < -0.4 is 16.6 Å². The van der Waals surface area contributed by atoms with Crippen LogP contribution in [0.25, 0.3) is 11.2 Å². The maximum atomic E-state index is 12.8. The van der Waals surface area contributed by atoms with Crippen molar-refractivity contribution in [3.8, 4) is 0 Å². The third kappa shape index (κ3) is 3.77. The van der Waals surface area contributed by atoms with Crippen LogP contribution in [-0.4, -0.2) is 38.9 Å². The van der Waals surface area contributed by atoms with E-state index in [0.29, 0.717) is 41.8 Å². The molecule has 8 nitrogen and oxygen atoms in total. The molecule has 0 amide bonds. The van der Waals surface area contributed by atoms with Gasteiger partial charge in [0.25, 0.3) is 5.56 Å². The number of rotatable bonds is 7. The molecule has 0 saturated heterocycles. The van der Waals surface area contributed by atoms with Gasteiger partial charge in [0, 0.05) is 39.4 Å². The van der Waals surface area contributed by atoms with E-state index in [9.17, 15) is 9.59 Å². The van der Waals surface area contributed by atoms with Crippen molar-refractivity contribution in [1.82, 2.24) is 18.7 Å². The first-order chi connectivity index (χ1) is 12.9. The first-order valence-electron chi connectivity index (χ1n) is 8.57. The zero-order chi connectivity index (χ0) is 19.6. The highest BCUT2D eigenvalue weighted by Gasteiger charge is 2.19. The summed E-state index contributed by atoms with van der Waals surface area (Å²) < 4.78 is 9.34. The van der Waals surface area contributed by atoms with Crippen LogP contribution >= 0.6 is 11.6 Å². The molecular formula is C18H22ClN5O3. The van der Waals surface area contributed by atoms with Crippen molar-refractivity contribution >= 4 is 28.7 Å². The number of hydrogen-bond donors (Lipinski definition) is 1. The minimum atomic E-state index is -0.408. The molecule has 2 aromatic heterocycles. The van der Waals surface area contributed by atoms with Gasteiger partial charge in [-0.2, -0.15) is 4.98 Å². The molecule has 1 aromatic carbocycles. The molecule has 0 unspecified atom stereocenters. The maximum Gasteiger partial charge on any atom is 0.332 e. The molecule has 27 heavy (non-hydrogen) atoms. The summed E-state index contributed by atoms with van der Waals surface area (Å²) in [5.74, 6) is 0.536. The minimum absolute atomic E-state index is 0.353. The van der Waals surface area contributed by atoms with E-state index in [1.165, 1.54) is 11.6 Å². The van der Waals surface area contributed by atoms with Gasteiger partial charge in [0.2, 0.25) is 5.95 Å². The van der Waals surface area contributed by atoms with Gasteiger partial charge in [-0.3, -0.25) is 18.5 Å². The van der Waals surface area contributed by atoms with Crippen LogP contribution in [0.1, 0.15) is 12.0 Å². The summed E-state index contributed by atoms with van der Waals surface area (Å²) in [4.78, 5) is 29.5. The number of aromatic nitrogens is 4. The largest absolute Gasteiger partial charge is 0.385 e. The molecule has 3 rings (SSSR count). The third-order valence-corrected chi connectivity index (χ3v) is 4.66. The number of aryl methyl sites for hydroxylation is 1. The smallest absolute Gasteiger partial charge is 0.332 e. The van der Waals surface area contributed by atoms with E-state index in [0.717, 1.165) is 16.6 Å². The van der Waals surface area contributed by atoms with Crippen LogP contribution in [0, 0.1) is 0 Å². The molecule has 0 radical (unpaired) electrons. The minimum Gasteiger partial charge on any atom is -0.385 e. The molecule has 2 heterocycles. The van der Waals surface area contributed by atoms with Crippen LogP contribution in [-0.2, 0) is 25.4 Å². The van der Waals surface area contributed by atoms with Crippen LogP contribution in [0.3, 0.4) is 0 Å². The van der Waals surface area contributed by atoms with Gasteiger partial charge in [0.15, 0.2) is 11.2 Å². The fourth-order valence-electron chi connectivity index (χ4n) is 2.92. The van der Waals surface area contributed by atoms with Gasteiger partial charge in [0.05, 0.1) is 6.54 Å². The average Bonchev–Trinajstić information content (AvgIpc) is 3.02. The Kier molecular flexibility index (Phi) is 5.67. The summed E-state index contributed by atoms with van der Waals surface area (Å²) in [6.45, 7) is 1.67. The Morgan fingerprint density at radius 2 is 1.85 bits per heavy atom. The molecular weight excluding hydrogens is 370 g/mol. The van der Waals surface area contributed by atoms with Crippen molar-refractivity contribution in [1.29, 1.82) is 0 Å². The van der Waals surface area contributed by atoms with Gasteiger partial charge in [-0.05, 0) is 24.1 Å². The SMILES string of the molecule is COCCCNc1nc2c(c(=O)n(C)c(=O)n2C)n1Cc1ccc(Cl)cc1. The van der Waals surface area contributed by atoms with Crippen molar-refractivity contribution in [2.75, 3.05) is 25.6 Å². The summed E-state index contributed by atoms with van der Waals surface area (Å²) in [5.41, 5.74) is 0.915. The maximum absolute atomic E-state index is 12.8. The number of methoxy groups -OCH3 is 1. The van der Waals surface area contributed by atoms with E-state index in [-0.39, 0.29) is 5.56 Å². The second-order valence-corrected chi connectivity index (χ2v) is 6.74. The monoisotopic (exact) mass is 391 g/mol. The molecule has 1 N–H and O–H groups in total. The lowest BCUT2D eigenvalue weighted by molar-refractivity contribution is 0.197. The molecule has 144 valence electrons. The van der Waals surface area contributed by atoms with Gasteiger partial charge in [0.1, 0.15) is 0 Å². The van der Waals surface area contributed by atoms with E-state index in [2.05, 4.69) is 10.3 Å². The number of ether oxygens (including phenoxy) is 1. The molecule has 0 atom stereocenters. The Morgan fingerprint density at radius 3 is 2.52 bits per heavy atom. The van der Waals surface area contributed by atoms with Crippen LogP contribution in [0.5, 0.6) is 0 Å². The average molecular weight is 392 g/mol. The van der Waals surface area contributed by atoms with Crippen molar-refractivity contribution < 1.29 is 4.74 Å². The highest BCUT2D eigenvalue weighted by Crippen LogP contribution is 2.19. The number of hydrogen-bond acceptors (Lipinski definition) is 5. The predicted molar refractivity (Wildman–Crippen MR) is 106 cm³/mol. The van der Waals surface area contributed by atoms with E-state index in [1.54, 1.807) is 30.9 Å². The van der Waals surface area contributed by atoms with Crippen molar-refractivity contribution in [3.63, 3.8) is 0 Å². The molecule has 0 aliphatic rings. The number of fused-ring (bicyclic) bond motifs is 1. The fourth-order valence-corrected chi connectivity index (χ4v) is 3.05. The lowest BCUT2D eigenvalue weighted by Gasteiger charge is -2.11. The molecule has 0 aliphatic carbocycles. The number of anilines is 1. The quantitative estimate of drug-likeness (QED) is 0.618. The molecule has 0 saturated carbocycles. The number of nitrogens with zero attached hydrogens (tertiary/aromatic N) is 4. The Morgan fingerprint density at radius 1 is 1.15 bits per heavy atom. The summed E-state index contributed by atoms with van der Waals surface area (Å²) >= 11 is 5.97. The zero-order valence-corrected chi connectivity index (χ0v) is 16.3. The Bertz CT molecular complexity index is 1070. The summed E-state index contributed by atoms with van der Waals surface area (Å²) in [5, 5.41) is 3.89.